The van der Waals surface area contributed by atoms with Gasteiger partial charge in [-0.25, -0.2) is 9.59 Å². The highest BCUT2D eigenvalue weighted by atomic mass is 16.7. The lowest BCUT2D eigenvalue weighted by Crippen LogP contribution is -2.13. The molecule has 0 radical (unpaired) electrons. The molecule has 2 aromatic carbocycles. The van der Waals surface area contributed by atoms with Crippen LogP contribution >= 0.6 is 0 Å². The van der Waals surface area contributed by atoms with Crippen molar-refractivity contribution in [1.82, 2.24) is 0 Å². The monoisotopic (exact) mass is 472 g/mol. The zero-order valence-electron chi connectivity index (χ0n) is 19.3. The van der Waals surface area contributed by atoms with E-state index in [1.54, 1.807) is 24.3 Å². The number of carbonyl (C=O) groups excluding carboxylic acids is 1. The minimum atomic E-state index is -1.35. The fourth-order valence-electron chi connectivity index (χ4n) is 3.36. The van der Waals surface area contributed by atoms with Gasteiger partial charge in [0.05, 0.1) is 46.7 Å². The lowest BCUT2D eigenvalue weighted by Gasteiger charge is -2.14. The Morgan fingerprint density at radius 3 is 1.88 bits per heavy atom. The number of benzene rings is 2. The average molecular weight is 472 g/mol. The predicted octanol–water partition coefficient (Wildman–Crippen LogP) is 3.17. The summed E-state index contributed by atoms with van der Waals surface area (Å²) in [6.07, 6.45) is 2.67. The molecule has 3 rings (SSSR count). The minimum Gasteiger partial charge on any atom is -0.493 e. The van der Waals surface area contributed by atoms with E-state index in [9.17, 15) is 14.7 Å². The molecule has 0 fully saturated rings. The summed E-state index contributed by atoms with van der Waals surface area (Å²) in [7, 11) is 6.95. The molecule has 0 bridgehead atoms. The van der Waals surface area contributed by atoms with Gasteiger partial charge in [-0.2, -0.15) is 0 Å². The maximum Gasteiger partial charge on any atom is 0.338 e. The number of carboxylic acid groups (broad SMARTS) is 1. The first kappa shape index (κ1) is 24.3. The van der Waals surface area contributed by atoms with Crippen molar-refractivity contribution in [2.24, 2.45) is 0 Å². The summed E-state index contributed by atoms with van der Waals surface area (Å²) in [6.45, 7) is 0.0180. The summed E-state index contributed by atoms with van der Waals surface area (Å²) >= 11 is 0. The minimum absolute atomic E-state index is 0.0180. The smallest absolute Gasteiger partial charge is 0.338 e. The zero-order valence-corrected chi connectivity index (χ0v) is 19.3. The molecule has 180 valence electrons. The van der Waals surface area contributed by atoms with Crippen LogP contribution in [0.1, 0.15) is 11.1 Å². The molecule has 1 heterocycles. The van der Waals surface area contributed by atoms with Crippen LogP contribution in [0, 0.1) is 0 Å². The highest BCUT2D eigenvalue weighted by Crippen LogP contribution is 2.43. The van der Waals surface area contributed by atoms with Gasteiger partial charge in [0, 0.05) is 0 Å². The van der Waals surface area contributed by atoms with Gasteiger partial charge in [0.1, 0.15) is 0 Å². The average Bonchev–Trinajstić information content (AvgIpc) is 3.32. The van der Waals surface area contributed by atoms with Gasteiger partial charge >= 0.3 is 11.9 Å². The van der Waals surface area contributed by atoms with E-state index in [0.717, 1.165) is 7.11 Å². The third-order valence-electron chi connectivity index (χ3n) is 4.92. The van der Waals surface area contributed by atoms with Crippen molar-refractivity contribution in [3.05, 3.63) is 46.5 Å². The van der Waals surface area contributed by atoms with Crippen LogP contribution < -0.4 is 28.4 Å². The Kier molecular flexibility index (Phi) is 7.52. The van der Waals surface area contributed by atoms with Crippen molar-refractivity contribution in [1.29, 1.82) is 0 Å². The number of methoxy groups -OCH3 is 5. The summed E-state index contributed by atoms with van der Waals surface area (Å²) in [5.41, 5.74) is 0.311. The molecule has 0 saturated carbocycles. The molecule has 10 nitrogen and oxygen atoms in total. The van der Waals surface area contributed by atoms with Gasteiger partial charge in [-0.3, -0.25) is 0 Å². The van der Waals surface area contributed by atoms with Crippen LogP contribution in [-0.2, 0) is 14.3 Å². The second kappa shape index (κ2) is 10.5. The molecule has 1 aliphatic rings. The SMILES string of the molecule is COC(=O)C(=C/c1cc(OC)c2c(c1)OCO2)/C(=C\c1cc(OC)c(OC)c(OC)c1)C(=O)O. The van der Waals surface area contributed by atoms with Crippen molar-refractivity contribution in [2.75, 3.05) is 42.3 Å². The standard InChI is InChI=1S/C24H24O10/c1-28-17-8-13(9-18(29-2)21(17)31-4)6-15(23(25)26)16(24(27)32-5)7-14-10-19(30-3)22-20(11-14)33-12-34-22/h6-11H,12H2,1-5H3,(H,25,26)/b15-6+,16-7+. The fourth-order valence-corrected chi connectivity index (χ4v) is 3.36. The molecule has 34 heavy (non-hydrogen) atoms. The van der Waals surface area contributed by atoms with E-state index in [1.807, 2.05) is 0 Å². The second-order valence-electron chi connectivity index (χ2n) is 6.83. The van der Waals surface area contributed by atoms with Crippen LogP contribution in [-0.4, -0.2) is 59.4 Å². The van der Waals surface area contributed by atoms with E-state index < -0.39 is 11.9 Å². The summed E-state index contributed by atoms with van der Waals surface area (Å²) in [6, 6.07) is 6.31. The van der Waals surface area contributed by atoms with Crippen molar-refractivity contribution in [2.45, 2.75) is 0 Å². The molecule has 2 aromatic rings. The normalized spacial score (nSPS) is 12.7. The number of carboxylic acids is 1. The topological polar surface area (TPSA) is 119 Å². The van der Waals surface area contributed by atoms with Gasteiger partial charge in [0.25, 0.3) is 0 Å². The number of ether oxygens (including phenoxy) is 7. The Balaban J connectivity index is 2.19. The third kappa shape index (κ3) is 4.85. The highest BCUT2D eigenvalue weighted by molar-refractivity contribution is 6.12. The number of hydrogen-bond acceptors (Lipinski definition) is 9. The molecular weight excluding hydrogens is 448 g/mol. The van der Waals surface area contributed by atoms with Crippen molar-refractivity contribution in [3.63, 3.8) is 0 Å². The zero-order chi connectivity index (χ0) is 24.8. The molecule has 0 amide bonds. The van der Waals surface area contributed by atoms with Crippen molar-refractivity contribution >= 4 is 24.1 Å². The summed E-state index contributed by atoms with van der Waals surface area (Å²) < 4.78 is 36.9. The van der Waals surface area contributed by atoms with E-state index in [4.69, 9.17) is 33.2 Å². The first-order valence-corrected chi connectivity index (χ1v) is 9.89. The van der Waals surface area contributed by atoms with Crippen LogP contribution in [0.5, 0.6) is 34.5 Å². The van der Waals surface area contributed by atoms with E-state index in [-0.39, 0.29) is 17.9 Å². The summed E-state index contributed by atoms with van der Waals surface area (Å²) in [5.74, 6) is -0.0168. The number of rotatable bonds is 9. The van der Waals surface area contributed by atoms with Gasteiger partial charge in [-0.1, -0.05) is 0 Å². The predicted molar refractivity (Wildman–Crippen MR) is 121 cm³/mol. The van der Waals surface area contributed by atoms with Crippen LogP contribution in [0.25, 0.3) is 12.2 Å². The lowest BCUT2D eigenvalue weighted by atomic mass is 9.99. The van der Waals surface area contributed by atoms with Gasteiger partial charge in [-0.15, -0.1) is 0 Å². The lowest BCUT2D eigenvalue weighted by molar-refractivity contribution is -0.138. The molecule has 0 unspecified atom stereocenters. The van der Waals surface area contributed by atoms with E-state index in [1.165, 1.54) is 40.6 Å². The van der Waals surface area contributed by atoms with Crippen molar-refractivity contribution in [3.8, 4) is 34.5 Å². The molecule has 0 spiro atoms. The van der Waals surface area contributed by atoms with E-state index >= 15 is 0 Å². The fraction of sp³-hybridized carbons (Fsp3) is 0.250. The third-order valence-corrected chi connectivity index (χ3v) is 4.92. The Morgan fingerprint density at radius 2 is 1.35 bits per heavy atom. The van der Waals surface area contributed by atoms with Gasteiger partial charge in [0.15, 0.2) is 23.0 Å². The number of esters is 1. The highest BCUT2D eigenvalue weighted by Gasteiger charge is 2.24. The maximum absolute atomic E-state index is 12.6. The summed E-state index contributed by atoms with van der Waals surface area (Å²) in [4.78, 5) is 24.9. The molecule has 10 heteroatoms. The molecule has 0 saturated heterocycles. The number of hydrogen-bond donors (Lipinski definition) is 1. The first-order chi connectivity index (χ1) is 16.4. The molecule has 1 aliphatic heterocycles. The first-order valence-electron chi connectivity index (χ1n) is 9.89. The number of carbonyl (C=O) groups is 2. The second-order valence-corrected chi connectivity index (χ2v) is 6.83. The van der Waals surface area contributed by atoms with Crippen molar-refractivity contribution < 1.29 is 47.9 Å². The van der Waals surface area contributed by atoms with Crippen LogP contribution in [0.4, 0.5) is 0 Å². The summed E-state index contributed by atoms with van der Waals surface area (Å²) in [5, 5.41) is 9.96. The van der Waals surface area contributed by atoms with Gasteiger partial charge in [-0.05, 0) is 47.5 Å². The van der Waals surface area contributed by atoms with Gasteiger partial charge in [0.2, 0.25) is 18.3 Å². The molecule has 0 aliphatic carbocycles. The Hall–Kier alpha value is -4.34. The molecule has 1 N–H and O–H groups in total. The Bertz CT molecular complexity index is 1140. The van der Waals surface area contributed by atoms with E-state index in [2.05, 4.69) is 0 Å². The Morgan fingerprint density at radius 1 is 0.794 bits per heavy atom. The quantitative estimate of drug-likeness (QED) is 0.331. The van der Waals surface area contributed by atoms with Crippen LogP contribution in [0.3, 0.4) is 0 Å². The van der Waals surface area contributed by atoms with Crippen LogP contribution in [0.2, 0.25) is 0 Å². The number of aliphatic carboxylic acids is 1. The molecular formula is C24H24O10. The number of fused-ring (bicyclic) bond motifs is 1. The largest absolute Gasteiger partial charge is 0.493 e. The van der Waals surface area contributed by atoms with Crippen LogP contribution in [0.15, 0.2) is 35.4 Å². The van der Waals surface area contributed by atoms with E-state index in [0.29, 0.717) is 45.6 Å². The van der Waals surface area contributed by atoms with Gasteiger partial charge < -0.3 is 38.3 Å². The molecule has 0 atom stereocenters. The maximum atomic E-state index is 12.6. The molecule has 0 aromatic heterocycles. The Labute approximate surface area is 195 Å².